The van der Waals surface area contributed by atoms with Crippen LogP contribution < -0.4 is 18.9 Å². The maximum Gasteiger partial charge on any atom is 1.00 e. The van der Waals surface area contributed by atoms with Crippen LogP contribution in [0.5, 0.6) is 0 Å². The van der Waals surface area contributed by atoms with Crippen molar-refractivity contribution in [1.82, 2.24) is 0 Å². The second kappa shape index (κ2) is 6.24. The summed E-state index contributed by atoms with van der Waals surface area (Å²) in [6.07, 6.45) is 0. The van der Waals surface area contributed by atoms with E-state index in [-0.39, 0.29) is 25.4 Å². The molecule has 5 heavy (non-hydrogen) atoms. The van der Waals surface area contributed by atoms with Crippen molar-refractivity contribution in [3.8, 4) is 0 Å². The Hall–Kier alpha value is 2.24. The van der Waals surface area contributed by atoms with Crippen molar-refractivity contribution in [2.75, 3.05) is 0 Å². The van der Waals surface area contributed by atoms with Gasteiger partial charge in [0.05, 0.1) is 0 Å². The van der Waals surface area contributed by atoms with Crippen LogP contribution in [0.4, 0.5) is 0 Å². The van der Waals surface area contributed by atoms with E-state index < -0.39 is 0 Å². The monoisotopic (exact) mass is 135 g/mol. The Labute approximate surface area is 55.5 Å². The topological polar surface area (TPSA) is 0 Å². The first-order valence-electron chi connectivity index (χ1n) is 0.664. The summed E-state index contributed by atoms with van der Waals surface area (Å²) in [4.78, 5) is 0. The van der Waals surface area contributed by atoms with Gasteiger partial charge in [0.2, 0.25) is 0 Å². The van der Waals surface area contributed by atoms with Crippen LogP contribution in [-0.2, 0) is 12.2 Å². The Kier molecular flexibility index (Phi) is 12.8. The Morgan fingerprint density at radius 1 is 1.80 bits per heavy atom. The van der Waals surface area contributed by atoms with E-state index in [1.165, 1.54) is 0 Å². The standard InChI is InChI=1S/Li.H3P3S/c;1-3(2)4/h;1H,2H2/q+1;-2. The van der Waals surface area contributed by atoms with Gasteiger partial charge in [-0.2, -0.15) is 8.93 Å². The second-order valence-electron chi connectivity index (χ2n) is 0.326. The van der Waals surface area contributed by atoms with Crippen LogP contribution in [0.1, 0.15) is 0 Å². The zero-order chi connectivity index (χ0) is 3.58. The van der Waals surface area contributed by atoms with Gasteiger partial charge in [0.1, 0.15) is 0 Å². The fraction of sp³-hybridized carbons (Fsp3) is 0. The van der Waals surface area contributed by atoms with Gasteiger partial charge in [0.15, 0.2) is 0 Å². The molecule has 0 amide bonds. The molecule has 0 N–H and O–H groups in total. The summed E-state index contributed by atoms with van der Waals surface area (Å²) in [5.41, 5.74) is 0. The SMILES string of the molecule is [Li+].[PH-]P(P)[S-]. The maximum absolute atomic E-state index is 4.56. The van der Waals surface area contributed by atoms with E-state index in [1.54, 1.807) is 0 Å². The predicted octanol–water partition coefficient (Wildman–Crippen LogP) is -1.22. The molecule has 0 heterocycles. The Bertz CT molecular complexity index is 11.6. The van der Waals surface area contributed by atoms with E-state index >= 15 is 0 Å². The van der Waals surface area contributed by atoms with Crippen molar-refractivity contribution in [1.29, 1.82) is 0 Å². The quantitative estimate of drug-likeness (QED) is 0.228. The molecule has 0 radical (unpaired) electrons. The van der Waals surface area contributed by atoms with Crippen molar-refractivity contribution in [3.63, 3.8) is 0 Å². The van der Waals surface area contributed by atoms with Crippen molar-refractivity contribution >= 4 is 36.6 Å². The first-order chi connectivity index (χ1) is 1.73. The minimum atomic E-state index is -0.315. The zero-order valence-electron chi connectivity index (χ0n) is 2.93. The van der Waals surface area contributed by atoms with E-state index in [1.807, 2.05) is 0 Å². The summed E-state index contributed by atoms with van der Waals surface area (Å²) >= 11 is 4.56. The van der Waals surface area contributed by atoms with Gasteiger partial charge in [-0.15, -0.1) is 0 Å². The summed E-state index contributed by atoms with van der Waals surface area (Å²) < 4.78 is 0. The van der Waals surface area contributed by atoms with Crippen molar-refractivity contribution < 1.29 is 18.9 Å². The van der Waals surface area contributed by atoms with Crippen LogP contribution in [0.3, 0.4) is 0 Å². The molecular weight excluding hydrogens is 132 g/mol. The minimum absolute atomic E-state index is 0. The smallest absolute Gasteiger partial charge is 0.785 e. The van der Waals surface area contributed by atoms with E-state index in [4.69, 9.17) is 0 Å². The van der Waals surface area contributed by atoms with Gasteiger partial charge in [-0.25, -0.2) is 0 Å². The molecule has 0 saturated carbocycles. The van der Waals surface area contributed by atoms with Crippen LogP contribution >= 0.6 is 24.4 Å². The van der Waals surface area contributed by atoms with E-state index in [2.05, 4.69) is 30.1 Å². The van der Waals surface area contributed by atoms with Gasteiger partial charge < -0.3 is 27.7 Å². The molecule has 5 heteroatoms. The van der Waals surface area contributed by atoms with Gasteiger partial charge >= 0.3 is 18.9 Å². The summed E-state index contributed by atoms with van der Waals surface area (Å²) in [5, 5.41) is 0. The van der Waals surface area contributed by atoms with Crippen LogP contribution in [-0.4, -0.2) is 0 Å². The van der Waals surface area contributed by atoms with Gasteiger partial charge in [0.25, 0.3) is 0 Å². The summed E-state index contributed by atoms with van der Waals surface area (Å²) in [6, 6.07) is 0. The van der Waals surface area contributed by atoms with Crippen molar-refractivity contribution in [2.24, 2.45) is 0 Å². The normalized spacial score (nSPS) is 12.6. The Morgan fingerprint density at radius 2 is 1.80 bits per heavy atom. The number of hydrogen-bond acceptors (Lipinski definition) is 1. The molecule has 0 saturated heterocycles. The molecule has 2 unspecified atom stereocenters. The van der Waals surface area contributed by atoms with Gasteiger partial charge in [0, 0.05) is 0 Å². The van der Waals surface area contributed by atoms with Crippen molar-refractivity contribution in [3.05, 3.63) is 0 Å². The fourth-order valence-corrected chi connectivity index (χ4v) is 0. The third-order valence-electron chi connectivity index (χ3n) is 0. The molecule has 0 aromatic heterocycles. The van der Waals surface area contributed by atoms with Gasteiger partial charge in [-0.3, -0.25) is 0 Å². The molecular formula is H3LiP3S-. The predicted molar refractivity (Wildman–Crippen MR) is 32.3 cm³/mol. The molecule has 0 rings (SSSR count). The third-order valence-corrected chi connectivity index (χ3v) is 0. The average molecular weight is 135 g/mol. The van der Waals surface area contributed by atoms with E-state index in [0.717, 1.165) is 0 Å². The van der Waals surface area contributed by atoms with E-state index in [9.17, 15) is 0 Å². The molecule has 0 spiro atoms. The fourth-order valence-electron chi connectivity index (χ4n) is 0. The van der Waals surface area contributed by atoms with E-state index in [0.29, 0.717) is 0 Å². The molecule has 0 aromatic carbocycles. The third kappa shape index (κ3) is 22.4. The van der Waals surface area contributed by atoms with Gasteiger partial charge in [-0.1, -0.05) is 0 Å². The number of hydrogen-bond donors (Lipinski definition) is 0. The largest absolute Gasteiger partial charge is 1.00 e. The maximum atomic E-state index is 4.56. The zero-order valence-corrected chi connectivity index (χ0v) is 6.80. The molecule has 0 aliphatic rings. The molecule has 0 aromatic rings. The van der Waals surface area contributed by atoms with Crippen LogP contribution in [0.2, 0.25) is 0 Å². The Morgan fingerprint density at radius 3 is 1.80 bits per heavy atom. The first kappa shape index (κ1) is 10.3. The summed E-state index contributed by atoms with van der Waals surface area (Å²) in [7, 11) is 5.60. The molecule has 0 nitrogen and oxygen atoms in total. The van der Waals surface area contributed by atoms with Gasteiger partial charge in [-0.05, 0) is 0 Å². The first-order valence-corrected chi connectivity index (χ1v) is 5.98. The van der Waals surface area contributed by atoms with Crippen molar-refractivity contribution in [2.45, 2.75) is 0 Å². The van der Waals surface area contributed by atoms with Crippen LogP contribution in [0, 0.1) is 0 Å². The molecule has 2 atom stereocenters. The van der Waals surface area contributed by atoms with Crippen LogP contribution in [0.25, 0.3) is 0 Å². The molecule has 0 bridgehead atoms. The average Bonchev–Trinajstić information content (AvgIpc) is 0.811. The molecule has 0 fully saturated rings. The molecule has 0 aliphatic heterocycles. The second-order valence-corrected chi connectivity index (χ2v) is 8.80. The number of rotatable bonds is 0. The summed E-state index contributed by atoms with van der Waals surface area (Å²) in [5.74, 6) is 0. The minimum Gasteiger partial charge on any atom is -0.785 e. The van der Waals surface area contributed by atoms with Crippen LogP contribution in [0.15, 0.2) is 0 Å². The Balaban J connectivity index is 0. The molecule has 26 valence electrons. The summed E-state index contributed by atoms with van der Waals surface area (Å²) in [6.45, 7) is -0.315. The molecule has 0 aliphatic carbocycles.